The van der Waals surface area contributed by atoms with Crippen molar-refractivity contribution in [1.82, 2.24) is 0 Å². The van der Waals surface area contributed by atoms with E-state index in [1.807, 2.05) is 0 Å². The first-order chi connectivity index (χ1) is 18.3. The number of allylic oxidation sites excluding steroid dienone is 4. The van der Waals surface area contributed by atoms with Crippen LogP contribution in [0.15, 0.2) is 23.7 Å². The normalized spacial score (nSPS) is 12.4. The van der Waals surface area contributed by atoms with Crippen molar-refractivity contribution >= 4 is 0 Å². The Morgan fingerprint density at radius 2 is 0.622 bits per heavy atom. The summed E-state index contributed by atoms with van der Waals surface area (Å²) in [5.74, 6) is 2.56. The fraction of sp³-hybridized carbons (Fsp3) is 0.889. The lowest BCUT2D eigenvalue weighted by atomic mass is 10.1. The summed E-state index contributed by atoms with van der Waals surface area (Å²) in [5, 5.41) is 0. The van der Waals surface area contributed by atoms with Gasteiger partial charge in [0.25, 0.3) is 0 Å². The fourth-order valence-corrected chi connectivity index (χ4v) is 5.09. The lowest BCUT2D eigenvalue weighted by molar-refractivity contribution is 0.266. The van der Waals surface area contributed by atoms with Crippen molar-refractivity contribution in [3.63, 3.8) is 0 Å². The van der Waals surface area contributed by atoms with Crippen LogP contribution < -0.4 is 0 Å². The molecule has 1 heteroatoms. The highest BCUT2D eigenvalue weighted by atomic mass is 16.5. The van der Waals surface area contributed by atoms with Gasteiger partial charge in [0.2, 0.25) is 0 Å². The number of hydrogen-bond donors (Lipinski definition) is 0. The third-order valence-corrected chi connectivity index (χ3v) is 7.68. The summed E-state index contributed by atoms with van der Waals surface area (Å²) in [6.07, 6.45) is 42.4. The van der Waals surface area contributed by atoms with Crippen molar-refractivity contribution in [3.05, 3.63) is 23.7 Å². The van der Waals surface area contributed by atoms with Crippen molar-refractivity contribution in [2.24, 2.45) is 0 Å². The molecule has 0 unspecified atom stereocenters. The third kappa shape index (κ3) is 28.1. The highest BCUT2D eigenvalue weighted by Gasteiger charge is 2.06. The lowest BCUT2D eigenvalue weighted by Gasteiger charge is -2.15. The van der Waals surface area contributed by atoms with E-state index in [2.05, 4.69) is 39.8 Å². The van der Waals surface area contributed by atoms with E-state index < -0.39 is 0 Å². The van der Waals surface area contributed by atoms with Gasteiger partial charge < -0.3 is 4.74 Å². The Balaban J connectivity index is 4.73. The predicted octanol–water partition coefficient (Wildman–Crippen LogP) is 13.8. The molecule has 220 valence electrons. The second-order valence-corrected chi connectivity index (χ2v) is 11.6. The Kier molecular flexibility index (Phi) is 30.9. The highest BCUT2D eigenvalue weighted by Crippen LogP contribution is 2.23. The van der Waals surface area contributed by atoms with Crippen LogP contribution in [0, 0.1) is 0 Å². The average molecular weight is 519 g/mol. The van der Waals surface area contributed by atoms with Crippen LogP contribution in [-0.2, 0) is 4.74 Å². The molecule has 0 heterocycles. The van der Waals surface area contributed by atoms with Crippen molar-refractivity contribution < 1.29 is 4.74 Å². The molecule has 0 aliphatic rings. The second kappa shape index (κ2) is 31.5. The first kappa shape index (κ1) is 36.3. The van der Waals surface area contributed by atoms with Crippen LogP contribution in [0.2, 0.25) is 0 Å². The lowest BCUT2D eigenvalue weighted by Crippen LogP contribution is -1.97. The SMILES string of the molecule is CCCCCCC=C(CCCCCCCCCC)OC(=CCCCCCC)CCCCCCCCCC. The number of unbranched alkanes of at least 4 members (excludes halogenated alkanes) is 22. The van der Waals surface area contributed by atoms with Gasteiger partial charge in [0.05, 0.1) is 11.5 Å². The topological polar surface area (TPSA) is 9.23 Å². The van der Waals surface area contributed by atoms with Crippen LogP contribution in [-0.4, -0.2) is 0 Å². The molecular weight excluding hydrogens is 448 g/mol. The molecule has 0 rings (SSSR count). The third-order valence-electron chi connectivity index (χ3n) is 7.68. The number of hydrogen-bond acceptors (Lipinski definition) is 1. The minimum absolute atomic E-state index is 1.13. The van der Waals surface area contributed by atoms with Crippen LogP contribution in [0.5, 0.6) is 0 Å². The average Bonchev–Trinajstić information content (AvgIpc) is 2.90. The molecule has 0 atom stereocenters. The maximum absolute atomic E-state index is 6.71. The summed E-state index contributed by atoms with van der Waals surface area (Å²) in [4.78, 5) is 0. The molecule has 0 aromatic heterocycles. The molecule has 0 aromatic rings. The van der Waals surface area contributed by atoms with Crippen molar-refractivity contribution in [3.8, 4) is 0 Å². The first-order valence-corrected chi connectivity index (χ1v) is 17.3. The summed E-state index contributed by atoms with van der Waals surface area (Å²) in [7, 11) is 0. The molecule has 0 amide bonds. The number of rotatable bonds is 30. The van der Waals surface area contributed by atoms with E-state index in [1.165, 1.54) is 178 Å². The zero-order chi connectivity index (χ0) is 27.1. The zero-order valence-electron chi connectivity index (χ0n) is 26.4. The molecule has 0 spiro atoms. The van der Waals surface area contributed by atoms with E-state index in [4.69, 9.17) is 4.74 Å². The molecule has 0 aromatic carbocycles. The summed E-state index contributed by atoms with van der Waals surface area (Å²) in [6, 6.07) is 0. The maximum Gasteiger partial charge on any atom is 0.0996 e. The molecule has 0 saturated carbocycles. The van der Waals surface area contributed by atoms with Gasteiger partial charge in [-0.2, -0.15) is 0 Å². The molecule has 0 aliphatic carbocycles. The van der Waals surface area contributed by atoms with Gasteiger partial charge in [-0.15, -0.1) is 0 Å². The van der Waals surface area contributed by atoms with E-state index in [-0.39, 0.29) is 0 Å². The van der Waals surface area contributed by atoms with Gasteiger partial charge in [0, 0.05) is 12.8 Å². The Morgan fingerprint density at radius 1 is 0.351 bits per heavy atom. The van der Waals surface area contributed by atoms with Crippen LogP contribution in [0.3, 0.4) is 0 Å². The molecule has 0 radical (unpaired) electrons. The quantitative estimate of drug-likeness (QED) is 0.0678. The van der Waals surface area contributed by atoms with Crippen molar-refractivity contribution in [2.75, 3.05) is 0 Å². The smallest absolute Gasteiger partial charge is 0.0996 e. The van der Waals surface area contributed by atoms with E-state index in [1.54, 1.807) is 0 Å². The van der Waals surface area contributed by atoms with E-state index in [0.29, 0.717) is 0 Å². The van der Waals surface area contributed by atoms with Crippen LogP contribution in [0.25, 0.3) is 0 Å². The zero-order valence-corrected chi connectivity index (χ0v) is 26.4. The minimum Gasteiger partial charge on any atom is -0.467 e. The van der Waals surface area contributed by atoms with Crippen LogP contribution in [0.4, 0.5) is 0 Å². The molecule has 0 N–H and O–H groups in total. The predicted molar refractivity (Wildman–Crippen MR) is 169 cm³/mol. The van der Waals surface area contributed by atoms with Gasteiger partial charge in [-0.25, -0.2) is 0 Å². The van der Waals surface area contributed by atoms with E-state index in [9.17, 15) is 0 Å². The maximum atomic E-state index is 6.71. The molecule has 1 nitrogen and oxygen atoms in total. The molecule has 0 fully saturated rings. The van der Waals surface area contributed by atoms with Gasteiger partial charge >= 0.3 is 0 Å². The largest absolute Gasteiger partial charge is 0.467 e. The van der Waals surface area contributed by atoms with Gasteiger partial charge in [0.15, 0.2) is 0 Å². The summed E-state index contributed by atoms with van der Waals surface area (Å²) in [5.41, 5.74) is 0. The van der Waals surface area contributed by atoms with Crippen LogP contribution in [0.1, 0.15) is 207 Å². The Hall–Kier alpha value is -0.720. The van der Waals surface area contributed by atoms with Gasteiger partial charge in [-0.1, -0.05) is 156 Å². The molecule has 0 saturated heterocycles. The van der Waals surface area contributed by atoms with E-state index in [0.717, 1.165) is 12.8 Å². The Labute approximate surface area is 235 Å². The summed E-state index contributed by atoms with van der Waals surface area (Å²) >= 11 is 0. The minimum atomic E-state index is 1.13. The standard InChI is InChI=1S/C36H70O/c1-5-9-13-17-19-21-25-29-33-35(31-27-23-15-11-7-3)37-36(32-28-24-16-12-8-4)34-30-26-22-20-18-14-10-6-2/h31-32H,5-30,33-34H2,1-4H3. The van der Waals surface area contributed by atoms with E-state index >= 15 is 0 Å². The highest BCUT2D eigenvalue weighted by molar-refractivity contribution is 5.02. The second-order valence-electron chi connectivity index (χ2n) is 11.6. The number of ether oxygens (including phenoxy) is 1. The summed E-state index contributed by atoms with van der Waals surface area (Å²) < 4.78 is 6.71. The van der Waals surface area contributed by atoms with Crippen molar-refractivity contribution in [1.29, 1.82) is 0 Å². The van der Waals surface area contributed by atoms with Crippen LogP contribution >= 0.6 is 0 Å². The Morgan fingerprint density at radius 3 is 0.946 bits per heavy atom. The van der Waals surface area contributed by atoms with Gasteiger partial charge in [-0.3, -0.25) is 0 Å². The molecule has 37 heavy (non-hydrogen) atoms. The molecular formula is C36H70O. The fourth-order valence-electron chi connectivity index (χ4n) is 5.09. The first-order valence-electron chi connectivity index (χ1n) is 17.3. The van der Waals surface area contributed by atoms with Gasteiger partial charge in [-0.05, 0) is 50.7 Å². The Bertz CT molecular complexity index is 445. The summed E-state index contributed by atoms with van der Waals surface area (Å²) in [6.45, 7) is 9.21. The monoisotopic (exact) mass is 519 g/mol. The molecule has 0 bridgehead atoms. The van der Waals surface area contributed by atoms with Crippen molar-refractivity contribution in [2.45, 2.75) is 207 Å². The molecule has 0 aliphatic heterocycles. The van der Waals surface area contributed by atoms with Gasteiger partial charge in [0.1, 0.15) is 0 Å².